The Bertz CT molecular complexity index is 1220. The maximum atomic E-state index is 12.3. The Labute approximate surface area is 188 Å². The molecule has 154 valence electrons. The van der Waals surface area contributed by atoms with Crippen LogP contribution in [0.25, 0.3) is 11.3 Å². The fourth-order valence-corrected chi connectivity index (χ4v) is 3.36. The lowest BCUT2D eigenvalue weighted by Crippen LogP contribution is -2.17. The van der Waals surface area contributed by atoms with Crippen molar-refractivity contribution in [3.05, 3.63) is 106 Å². The molecule has 0 saturated heterocycles. The topological polar surface area (TPSA) is 79.5 Å². The molecule has 2 N–H and O–H groups in total. The van der Waals surface area contributed by atoms with Crippen molar-refractivity contribution in [1.82, 2.24) is 15.2 Å². The molecule has 0 unspecified atom stereocenters. The van der Waals surface area contributed by atoms with Crippen LogP contribution >= 0.6 is 15.9 Å². The number of nitrogens with zero attached hydrogens (tertiary/aromatic N) is 3. The van der Waals surface area contributed by atoms with Gasteiger partial charge in [-0.3, -0.25) is 9.48 Å². The molecule has 0 aliphatic carbocycles. The molecule has 0 spiro atoms. The number of para-hydroxylation sites is 1. The van der Waals surface area contributed by atoms with E-state index in [9.17, 15) is 9.90 Å². The lowest BCUT2D eigenvalue weighted by Gasteiger charge is -2.02. The number of amides is 1. The number of hydrazone groups is 1. The molecule has 31 heavy (non-hydrogen) atoms. The van der Waals surface area contributed by atoms with E-state index in [4.69, 9.17) is 5.10 Å². The molecular weight excluding hydrogens is 456 g/mol. The van der Waals surface area contributed by atoms with Crippen molar-refractivity contribution in [3.8, 4) is 17.0 Å². The highest BCUT2D eigenvalue weighted by molar-refractivity contribution is 9.10. The van der Waals surface area contributed by atoms with Crippen molar-refractivity contribution in [2.24, 2.45) is 5.10 Å². The minimum absolute atomic E-state index is 0.0949. The van der Waals surface area contributed by atoms with Crippen molar-refractivity contribution < 1.29 is 9.90 Å². The zero-order valence-corrected chi connectivity index (χ0v) is 18.0. The van der Waals surface area contributed by atoms with Gasteiger partial charge in [-0.05, 0) is 29.8 Å². The summed E-state index contributed by atoms with van der Waals surface area (Å²) in [7, 11) is 0. The smallest absolute Gasteiger partial charge is 0.275 e. The number of nitrogens with one attached hydrogen (secondary N) is 1. The number of rotatable bonds is 6. The van der Waals surface area contributed by atoms with E-state index in [0.717, 1.165) is 26.9 Å². The van der Waals surface area contributed by atoms with Crippen LogP contribution in [0.5, 0.6) is 5.75 Å². The van der Waals surface area contributed by atoms with E-state index in [1.165, 1.54) is 12.1 Å². The van der Waals surface area contributed by atoms with Crippen molar-refractivity contribution in [2.75, 3.05) is 0 Å². The van der Waals surface area contributed by atoms with E-state index in [1.807, 2.05) is 65.5 Å². The zero-order chi connectivity index (χ0) is 21.6. The molecule has 1 amide bonds. The number of phenolic OH excluding ortho intramolecular Hbond substituents is 1. The van der Waals surface area contributed by atoms with E-state index in [2.05, 4.69) is 26.5 Å². The molecule has 0 bridgehead atoms. The fourth-order valence-electron chi connectivity index (χ4n) is 3.10. The van der Waals surface area contributed by atoms with Gasteiger partial charge < -0.3 is 5.11 Å². The first-order valence-corrected chi connectivity index (χ1v) is 10.4. The summed E-state index contributed by atoms with van der Waals surface area (Å²) in [5.41, 5.74) is 6.21. The Kier molecular flexibility index (Phi) is 6.24. The van der Waals surface area contributed by atoms with Gasteiger partial charge in [-0.15, -0.1) is 0 Å². The Morgan fingerprint density at radius 3 is 2.48 bits per heavy atom. The third-order valence-electron chi connectivity index (χ3n) is 4.61. The number of aromatic hydroxyl groups is 1. The lowest BCUT2D eigenvalue weighted by molar-refractivity contribution is 0.0952. The van der Waals surface area contributed by atoms with Gasteiger partial charge in [-0.25, -0.2) is 5.43 Å². The third kappa shape index (κ3) is 5.07. The number of carbonyl (C=O) groups is 1. The van der Waals surface area contributed by atoms with Crippen molar-refractivity contribution in [2.45, 2.75) is 6.54 Å². The fraction of sp³-hybridized carbons (Fsp3) is 0.0417. The van der Waals surface area contributed by atoms with Gasteiger partial charge in [0.05, 0.1) is 18.3 Å². The second-order valence-corrected chi connectivity index (χ2v) is 7.76. The van der Waals surface area contributed by atoms with Gasteiger partial charge in [0.1, 0.15) is 11.4 Å². The summed E-state index contributed by atoms with van der Waals surface area (Å²) in [6.07, 6.45) is 3.45. The minimum atomic E-state index is -0.488. The maximum Gasteiger partial charge on any atom is 0.275 e. The monoisotopic (exact) mass is 474 g/mol. The van der Waals surface area contributed by atoms with Crippen molar-refractivity contribution in [3.63, 3.8) is 0 Å². The maximum absolute atomic E-state index is 12.3. The van der Waals surface area contributed by atoms with Gasteiger partial charge in [0.2, 0.25) is 0 Å². The van der Waals surface area contributed by atoms with Crippen LogP contribution in [0, 0.1) is 0 Å². The van der Waals surface area contributed by atoms with Gasteiger partial charge in [0, 0.05) is 21.8 Å². The molecule has 4 aromatic rings. The molecule has 0 fully saturated rings. The van der Waals surface area contributed by atoms with E-state index in [-0.39, 0.29) is 11.3 Å². The molecule has 0 saturated carbocycles. The number of halogens is 1. The van der Waals surface area contributed by atoms with Gasteiger partial charge in [0.15, 0.2) is 0 Å². The average molecular weight is 475 g/mol. The Morgan fingerprint density at radius 2 is 1.74 bits per heavy atom. The SMILES string of the molecule is O=C(N/N=C/c1cn(Cc2ccc(Br)cc2)nc1-c1ccccc1)c1ccccc1O. The molecule has 0 radical (unpaired) electrons. The molecule has 1 heterocycles. The van der Waals surface area contributed by atoms with E-state index in [1.54, 1.807) is 18.3 Å². The summed E-state index contributed by atoms with van der Waals surface area (Å²) in [6.45, 7) is 0.602. The van der Waals surface area contributed by atoms with E-state index in [0.29, 0.717) is 6.54 Å². The van der Waals surface area contributed by atoms with E-state index < -0.39 is 5.91 Å². The summed E-state index contributed by atoms with van der Waals surface area (Å²) in [5, 5.41) is 18.6. The minimum Gasteiger partial charge on any atom is -0.507 e. The first-order chi connectivity index (χ1) is 15.1. The molecule has 0 atom stereocenters. The summed E-state index contributed by atoms with van der Waals surface area (Å²) >= 11 is 3.45. The second kappa shape index (κ2) is 9.40. The molecule has 6 nitrogen and oxygen atoms in total. The largest absolute Gasteiger partial charge is 0.507 e. The number of phenols is 1. The number of benzene rings is 3. The van der Waals surface area contributed by atoms with Crippen LogP contribution in [0.1, 0.15) is 21.5 Å². The summed E-state index contributed by atoms with van der Waals surface area (Å²) < 4.78 is 2.87. The molecule has 3 aromatic carbocycles. The highest BCUT2D eigenvalue weighted by Crippen LogP contribution is 2.21. The van der Waals surface area contributed by atoms with Crippen LogP contribution in [0.2, 0.25) is 0 Å². The molecular formula is C24H19BrN4O2. The molecule has 0 aliphatic heterocycles. The quantitative estimate of drug-likeness (QED) is 0.310. The summed E-state index contributed by atoms with van der Waals surface area (Å²) in [5.74, 6) is -0.583. The first-order valence-electron chi connectivity index (χ1n) is 9.59. The zero-order valence-electron chi connectivity index (χ0n) is 16.4. The standard InChI is InChI=1S/C24H19BrN4O2/c25-20-12-10-17(11-13-20)15-29-16-19(23(28-29)18-6-2-1-3-7-18)14-26-27-24(31)21-8-4-5-9-22(21)30/h1-14,16,30H,15H2,(H,27,31)/b26-14+. The predicted octanol–water partition coefficient (Wildman–Crippen LogP) is 4.83. The van der Waals surface area contributed by atoms with Crippen LogP contribution in [-0.2, 0) is 6.54 Å². The number of aromatic nitrogens is 2. The Morgan fingerprint density at radius 1 is 1.03 bits per heavy atom. The molecule has 1 aromatic heterocycles. The first kappa shape index (κ1) is 20.6. The van der Waals surface area contributed by atoms with Gasteiger partial charge >= 0.3 is 0 Å². The van der Waals surface area contributed by atoms with Crippen LogP contribution in [0.15, 0.2) is 94.6 Å². The van der Waals surface area contributed by atoms with Gasteiger partial charge in [-0.2, -0.15) is 10.2 Å². The third-order valence-corrected chi connectivity index (χ3v) is 5.14. The summed E-state index contributed by atoms with van der Waals surface area (Å²) in [4.78, 5) is 12.3. The highest BCUT2D eigenvalue weighted by Gasteiger charge is 2.12. The number of hydrogen-bond acceptors (Lipinski definition) is 4. The molecule has 7 heteroatoms. The van der Waals surface area contributed by atoms with Gasteiger partial charge in [0.25, 0.3) is 5.91 Å². The lowest BCUT2D eigenvalue weighted by atomic mass is 10.1. The highest BCUT2D eigenvalue weighted by atomic mass is 79.9. The molecule has 0 aliphatic rings. The molecule has 4 rings (SSSR count). The van der Waals surface area contributed by atoms with Crippen LogP contribution in [-0.4, -0.2) is 27.0 Å². The second-order valence-electron chi connectivity index (χ2n) is 6.84. The predicted molar refractivity (Wildman–Crippen MR) is 124 cm³/mol. The Hall–Kier alpha value is -3.71. The van der Waals surface area contributed by atoms with E-state index >= 15 is 0 Å². The number of hydrogen-bond donors (Lipinski definition) is 2. The normalized spacial score (nSPS) is 11.0. The average Bonchev–Trinajstić information content (AvgIpc) is 3.18. The van der Waals surface area contributed by atoms with Crippen LogP contribution in [0.4, 0.5) is 0 Å². The van der Waals surface area contributed by atoms with Gasteiger partial charge in [-0.1, -0.05) is 70.5 Å². The van der Waals surface area contributed by atoms with Crippen molar-refractivity contribution >= 4 is 28.1 Å². The number of carbonyl (C=O) groups excluding carboxylic acids is 1. The van der Waals surface area contributed by atoms with Crippen LogP contribution in [0.3, 0.4) is 0 Å². The van der Waals surface area contributed by atoms with Crippen molar-refractivity contribution in [1.29, 1.82) is 0 Å². The Balaban J connectivity index is 1.58. The summed E-state index contributed by atoms with van der Waals surface area (Å²) in [6, 6.07) is 24.2. The van der Waals surface area contributed by atoms with Crippen LogP contribution < -0.4 is 5.43 Å².